The molecule has 3 aliphatic rings. The number of hydrogen-bond donors (Lipinski definition) is 0. The minimum atomic E-state index is 0.0527. The Labute approximate surface area is 161 Å². The molecule has 0 radical (unpaired) electrons. The highest BCUT2D eigenvalue weighted by Gasteiger charge is 2.29. The highest BCUT2D eigenvalue weighted by atomic mass is 16.5. The van der Waals surface area contributed by atoms with Gasteiger partial charge in [0.05, 0.1) is 18.3 Å². The molecule has 0 N–H and O–H groups in total. The molecule has 1 aliphatic carbocycles. The van der Waals surface area contributed by atoms with E-state index in [0.717, 1.165) is 58.2 Å². The lowest BCUT2D eigenvalue weighted by Gasteiger charge is -2.40. The maximum absolute atomic E-state index is 12.7. The third-order valence-electron chi connectivity index (χ3n) is 5.88. The molecule has 2 saturated heterocycles. The van der Waals surface area contributed by atoms with Crippen molar-refractivity contribution in [2.24, 2.45) is 0 Å². The number of carbonyl (C=O) groups is 1. The number of morpholine rings is 1. The maximum atomic E-state index is 12.7. The molecule has 4 rings (SSSR count). The van der Waals surface area contributed by atoms with Gasteiger partial charge in [-0.15, -0.1) is 0 Å². The van der Waals surface area contributed by atoms with Crippen LogP contribution < -0.4 is 0 Å². The number of carbonyl (C=O) groups excluding carboxylic acids is 1. The Morgan fingerprint density at radius 2 is 1.85 bits per heavy atom. The Kier molecular flexibility index (Phi) is 5.71. The summed E-state index contributed by atoms with van der Waals surface area (Å²) in [5.41, 5.74) is 0.607. The highest BCUT2D eigenvalue weighted by molar-refractivity contribution is 5.93. The Bertz CT molecular complexity index is 638. The molecule has 3 heterocycles. The Balaban J connectivity index is 1.25. The van der Waals surface area contributed by atoms with Gasteiger partial charge >= 0.3 is 0 Å². The standard InChI is InChI=1S/C20H31N5O2/c1-15(2)25-9-10-27-18(14-25)13-23-5-7-24(8-6-23)20(26)17-11-21-19(22-12-17)16-3-4-16/h11-12,15-16,18H,3-10,13-14H2,1-2H3. The average molecular weight is 374 g/mol. The molecule has 0 spiro atoms. The minimum Gasteiger partial charge on any atom is -0.374 e. The summed E-state index contributed by atoms with van der Waals surface area (Å²) in [6.07, 6.45) is 6.02. The van der Waals surface area contributed by atoms with Gasteiger partial charge in [0.1, 0.15) is 5.82 Å². The second kappa shape index (κ2) is 8.20. The third-order valence-corrected chi connectivity index (χ3v) is 5.88. The number of aromatic nitrogens is 2. The van der Waals surface area contributed by atoms with Crippen molar-refractivity contribution < 1.29 is 9.53 Å². The van der Waals surface area contributed by atoms with E-state index in [1.54, 1.807) is 12.4 Å². The second-order valence-electron chi connectivity index (χ2n) is 8.28. The molecule has 0 aromatic carbocycles. The molecule has 0 bridgehead atoms. The van der Waals surface area contributed by atoms with E-state index in [2.05, 4.69) is 33.6 Å². The van der Waals surface area contributed by atoms with Gasteiger partial charge in [0.15, 0.2) is 0 Å². The van der Waals surface area contributed by atoms with Crippen LogP contribution in [-0.2, 0) is 4.74 Å². The van der Waals surface area contributed by atoms with Crippen LogP contribution in [0.5, 0.6) is 0 Å². The van der Waals surface area contributed by atoms with Crippen LogP contribution >= 0.6 is 0 Å². The summed E-state index contributed by atoms with van der Waals surface area (Å²) in [6, 6.07) is 0.569. The van der Waals surface area contributed by atoms with Crippen LogP contribution in [0.1, 0.15) is 48.8 Å². The molecule has 148 valence electrons. The van der Waals surface area contributed by atoms with Gasteiger partial charge in [-0.2, -0.15) is 0 Å². The lowest BCUT2D eigenvalue weighted by atomic mass is 10.2. The zero-order valence-electron chi connectivity index (χ0n) is 16.5. The van der Waals surface area contributed by atoms with Gasteiger partial charge in [0, 0.05) is 70.2 Å². The molecule has 7 heteroatoms. The van der Waals surface area contributed by atoms with Crippen molar-refractivity contribution in [2.75, 3.05) is 52.4 Å². The third kappa shape index (κ3) is 4.65. The van der Waals surface area contributed by atoms with E-state index in [9.17, 15) is 4.79 Å². The Hall–Kier alpha value is -1.57. The second-order valence-corrected chi connectivity index (χ2v) is 8.28. The molecule has 1 aromatic heterocycles. The fraction of sp³-hybridized carbons (Fsp3) is 0.750. The molecular weight excluding hydrogens is 342 g/mol. The van der Waals surface area contributed by atoms with Crippen LogP contribution in [0.2, 0.25) is 0 Å². The first-order chi connectivity index (χ1) is 13.1. The summed E-state index contributed by atoms with van der Waals surface area (Å²) in [7, 11) is 0. The van der Waals surface area contributed by atoms with Crippen molar-refractivity contribution in [1.29, 1.82) is 0 Å². The fourth-order valence-electron chi connectivity index (χ4n) is 3.93. The van der Waals surface area contributed by atoms with Crippen LogP contribution in [0.4, 0.5) is 0 Å². The molecule has 3 fully saturated rings. The van der Waals surface area contributed by atoms with Gasteiger partial charge in [-0.25, -0.2) is 9.97 Å². The summed E-state index contributed by atoms with van der Waals surface area (Å²) in [4.78, 5) is 28.3. The Morgan fingerprint density at radius 3 is 2.48 bits per heavy atom. The van der Waals surface area contributed by atoms with Gasteiger partial charge in [0.25, 0.3) is 5.91 Å². The predicted octanol–water partition coefficient (Wildman–Crippen LogP) is 1.22. The summed E-state index contributed by atoms with van der Waals surface area (Å²) in [6.45, 7) is 11.6. The zero-order valence-corrected chi connectivity index (χ0v) is 16.5. The van der Waals surface area contributed by atoms with Crippen LogP contribution in [0, 0.1) is 0 Å². The van der Waals surface area contributed by atoms with Crippen LogP contribution in [0.25, 0.3) is 0 Å². The summed E-state index contributed by atoms with van der Waals surface area (Å²) < 4.78 is 5.96. The van der Waals surface area contributed by atoms with Gasteiger partial charge in [0.2, 0.25) is 0 Å². The number of rotatable bonds is 5. The summed E-state index contributed by atoms with van der Waals surface area (Å²) in [5, 5.41) is 0. The maximum Gasteiger partial charge on any atom is 0.257 e. The van der Waals surface area contributed by atoms with Gasteiger partial charge < -0.3 is 9.64 Å². The largest absolute Gasteiger partial charge is 0.374 e. The van der Waals surface area contributed by atoms with Gasteiger partial charge in [-0.3, -0.25) is 14.6 Å². The van der Waals surface area contributed by atoms with Crippen molar-refractivity contribution >= 4 is 5.91 Å². The van der Waals surface area contributed by atoms with E-state index in [4.69, 9.17) is 4.74 Å². The lowest BCUT2D eigenvalue weighted by Crippen LogP contribution is -2.54. The topological polar surface area (TPSA) is 61.8 Å². The average Bonchev–Trinajstić information content (AvgIpc) is 3.54. The first kappa shape index (κ1) is 18.8. The van der Waals surface area contributed by atoms with Gasteiger partial charge in [-0.1, -0.05) is 0 Å². The molecule has 1 amide bonds. The smallest absolute Gasteiger partial charge is 0.257 e. The molecule has 1 saturated carbocycles. The molecular formula is C20H31N5O2. The van der Waals surface area contributed by atoms with E-state index >= 15 is 0 Å². The molecule has 1 aromatic rings. The molecule has 1 unspecified atom stereocenters. The van der Waals surface area contributed by atoms with Crippen molar-refractivity contribution in [3.63, 3.8) is 0 Å². The monoisotopic (exact) mass is 373 g/mol. The van der Waals surface area contributed by atoms with Gasteiger partial charge in [-0.05, 0) is 26.7 Å². The van der Waals surface area contributed by atoms with Crippen molar-refractivity contribution in [3.8, 4) is 0 Å². The fourth-order valence-corrected chi connectivity index (χ4v) is 3.93. The quantitative estimate of drug-likeness (QED) is 0.773. The zero-order chi connectivity index (χ0) is 18.8. The summed E-state index contributed by atoms with van der Waals surface area (Å²) >= 11 is 0. The van der Waals surface area contributed by atoms with Crippen LogP contribution in [-0.4, -0.2) is 95.1 Å². The van der Waals surface area contributed by atoms with E-state index in [0.29, 0.717) is 17.5 Å². The molecule has 2 aliphatic heterocycles. The number of ether oxygens (including phenoxy) is 1. The number of hydrogen-bond acceptors (Lipinski definition) is 6. The molecule has 7 nitrogen and oxygen atoms in total. The van der Waals surface area contributed by atoms with Crippen LogP contribution in [0.15, 0.2) is 12.4 Å². The van der Waals surface area contributed by atoms with E-state index in [-0.39, 0.29) is 12.0 Å². The van der Waals surface area contributed by atoms with E-state index in [1.807, 2.05) is 4.90 Å². The summed E-state index contributed by atoms with van der Waals surface area (Å²) in [5.74, 6) is 1.46. The lowest BCUT2D eigenvalue weighted by molar-refractivity contribution is -0.0555. The normalized spacial score (nSPS) is 25.1. The molecule has 27 heavy (non-hydrogen) atoms. The highest BCUT2D eigenvalue weighted by Crippen LogP contribution is 2.37. The molecule has 1 atom stereocenters. The van der Waals surface area contributed by atoms with Crippen LogP contribution in [0.3, 0.4) is 0 Å². The Morgan fingerprint density at radius 1 is 1.15 bits per heavy atom. The van der Waals surface area contributed by atoms with Crippen molar-refractivity contribution in [1.82, 2.24) is 24.7 Å². The van der Waals surface area contributed by atoms with Crippen molar-refractivity contribution in [2.45, 2.75) is 44.8 Å². The predicted molar refractivity (Wildman–Crippen MR) is 103 cm³/mol. The number of nitrogens with zero attached hydrogens (tertiary/aromatic N) is 5. The minimum absolute atomic E-state index is 0.0527. The number of piperazine rings is 1. The van der Waals surface area contributed by atoms with E-state index < -0.39 is 0 Å². The first-order valence-electron chi connectivity index (χ1n) is 10.3. The van der Waals surface area contributed by atoms with E-state index in [1.165, 1.54) is 12.8 Å². The SMILES string of the molecule is CC(C)N1CCOC(CN2CCN(C(=O)c3cnc(C4CC4)nc3)CC2)C1. The first-order valence-corrected chi connectivity index (χ1v) is 10.3. The number of amides is 1. The van der Waals surface area contributed by atoms with Crippen molar-refractivity contribution in [3.05, 3.63) is 23.8 Å².